The molecule has 0 amide bonds. The zero-order valence-electron chi connectivity index (χ0n) is 16.4. The van der Waals surface area contributed by atoms with Crippen LogP contribution in [0.4, 0.5) is 11.5 Å². The van der Waals surface area contributed by atoms with Crippen LogP contribution in [-0.2, 0) is 7.05 Å². The Morgan fingerprint density at radius 1 is 1.00 bits per heavy atom. The van der Waals surface area contributed by atoms with E-state index in [1.807, 2.05) is 43.8 Å². The van der Waals surface area contributed by atoms with Crippen LogP contribution in [0.25, 0.3) is 17.0 Å². The Kier molecular flexibility index (Phi) is 4.18. The summed E-state index contributed by atoms with van der Waals surface area (Å²) in [5.41, 5.74) is 5.14. The summed E-state index contributed by atoms with van der Waals surface area (Å²) in [4.78, 5) is 9.51. The van der Waals surface area contributed by atoms with Crippen molar-refractivity contribution in [2.24, 2.45) is 7.05 Å². The van der Waals surface area contributed by atoms with Gasteiger partial charge >= 0.3 is 0 Å². The molecule has 0 aliphatic rings. The third-order valence-corrected chi connectivity index (χ3v) is 4.75. The topological polar surface area (TPSA) is 60.6 Å². The number of hydrogen-bond donors (Lipinski definition) is 1. The Bertz CT molecular complexity index is 1100. The van der Waals surface area contributed by atoms with Crippen molar-refractivity contribution in [1.29, 1.82) is 0 Å². The highest BCUT2D eigenvalue weighted by molar-refractivity contribution is 5.90. The summed E-state index contributed by atoms with van der Waals surface area (Å²) in [5, 5.41) is 8.97. The molecular formula is C21H24N6. The first-order valence-electron chi connectivity index (χ1n) is 9.16. The second kappa shape index (κ2) is 6.54. The number of nitrogens with zero attached hydrogens (tertiary/aromatic N) is 5. The van der Waals surface area contributed by atoms with Gasteiger partial charge in [0.2, 0.25) is 0 Å². The van der Waals surface area contributed by atoms with E-state index in [-0.39, 0.29) is 0 Å². The lowest BCUT2D eigenvalue weighted by molar-refractivity contribution is 0.776. The SMILES string of the molecule is Cc1cc(C)n(-c2nc(Nc3ccc(C(C)C)cc3)c3ccn(C)c3n2)n1. The highest BCUT2D eigenvalue weighted by atomic mass is 15.4. The predicted molar refractivity (Wildman–Crippen MR) is 109 cm³/mol. The molecule has 0 fully saturated rings. The number of benzene rings is 1. The maximum Gasteiger partial charge on any atom is 0.254 e. The molecule has 1 aromatic carbocycles. The van der Waals surface area contributed by atoms with E-state index in [0.29, 0.717) is 11.9 Å². The van der Waals surface area contributed by atoms with Gasteiger partial charge in [-0.3, -0.25) is 0 Å². The summed E-state index contributed by atoms with van der Waals surface area (Å²) in [5.74, 6) is 1.85. The molecular weight excluding hydrogens is 336 g/mol. The lowest BCUT2D eigenvalue weighted by atomic mass is 10.0. The zero-order valence-corrected chi connectivity index (χ0v) is 16.4. The molecule has 6 nitrogen and oxygen atoms in total. The van der Waals surface area contributed by atoms with Crippen molar-refractivity contribution >= 4 is 22.5 Å². The van der Waals surface area contributed by atoms with E-state index in [2.05, 4.69) is 48.5 Å². The summed E-state index contributed by atoms with van der Waals surface area (Å²) in [6, 6.07) is 12.5. The van der Waals surface area contributed by atoms with Gasteiger partial charge in [-0.15, -0.1) is 0 Å². The highest BCUT2D eigenvalue weighted by Crippen LogP contribution is 2.26. The quantitative estimate of drug-likeness (QED) is 0.576. The molecule has 3 aromatic heterocycles. The Morgan fingerprint density at radius 2 is 1.74 bits per heavy atom. The number of fused-ring (bicyclic) bond motifs is 1. The largest absolute Gasteiger partial charge is 0.339 e. The first-order chi connectivity index (χ1) is 12.9. The van der Waals surface area contributed by atoms with E-state index in [1.54, 1.807) is 4.68 Å². The summed E-state index contributed by atoms with van der Waals surface area (Å²) in [7, 11) is 1.99. The number of hydrogen-bond acceptors (Lipinski definition) is 4. The van der Waals surface area contributed by atoms with Crippen molar-refractivity contribution in [2.75, 3.05) is 5.32 Å². The van der Waals surface area contributed by atoms with E-state index in [0.717, 1.165) is 33.9 Å². The second-order valence-corrected chi connectivity index (χ2v) is 7.28. The molecule has 0 aliphatic heterocycles. The molecule has 4 aromatic rings. The smallest absolute Gasteiger partial charge is 0.254 e. The van der Waals surface area contributed by atoms with Crippen molar-refractivity contribution in [1.82, 2.24) is 24.3 Å². The molecule has 0 spiro atoms. The molecule has 0 unspecified atom stereocenters. The molecule has 1 N–H and O–H groups in total. The Morgan fingerprint density at radius 3 is 2.37 bits per heavy atom. The molecule has 6 heteroatoms. The van der Waals surface area contributed by atoms with Crippen LogP contribution >= 0.6 is 0 Å². The number of rotatable bonds is 4. The average Bonchev–Trinajstić information content (AvgIpc) is 3.17. The Hall–Kier alpha value is -3.15. The minimum atomic E-state index is 0.511. The van der Waals surface area contributed by atoms with Gasteiger partial charge in [0.1, 0.15) is 11.5 Å². The maximum absolute atomic E-state index is 4.78. The van der Waals surface area contributed by atoms with Gasteiger partial charge in [-0.2, -0.15) is 15.1 Å². The van der Waals surface area contributed by atoms with Gasteiger partial charge in [-0.05, 0) is 49.6 Å². The third kappa shape index (κ3) is 3.18. The van der Waals surface area contributed by atoms with Crippen molar-refractivity contribution in [3.05, 3.63) is 59.5 Å². The van der Waals surface area contributed by atoms with Crippen LogP contribution in [0.15, 0.2) is 42.6 Å². The van der Waals surface area contributed by atoms with E-state index < -0.39 is 0 Å². The summed E-state index contributed by atoms with van der Waals surface area (Å²) < 4.78 is 3.79. The van der Waals surface area contributed by atoms with Crippen molar-refractivity contribution in [2.45, 2.75) is 33.6 Å². The first-order valence-corrected chi connectivity index (χ1v) is 9.16. The number of aromatic nitrogens is 5. The van der Waals surface area contributed by atoms with E-state index in [1.165, 1.54) is 5.56 Å². The van der Waals surface area contributed by atoms with Crippen LogP contribution < -0.4 is 5.32 Å². The standard InChI is InChI=1S/C21H24N6/c1-13(2)16-6-8-17(9-7-16)22-19-18-10-11-26(5)20(18)24-21(23-19)27-15(4)12-14(3)25-27/h6-13H,1-5H3,(H,22,23,24). The van der Waals surface area contributed by atoms with Crippen LogP contribution in [0.3, 0.4) is 0 Å². The second-order valence-electron chi connectivity index (χ2n) is 7.28. The molecule has 3 heterocycles. The first kappa shape index (κ1) is 17.3. The molecule has 0 saturated heterocycles. The van der Waals surface area contributed by atoms with Crippen molar-refractivity contribution in [3.63, 3.8) is 0 Å². The number of nitrogens with one attached hydrogen (secondary N) is 1. The number of aryl methyl sites for hydroxylation is 3. The summed E-state index contributed by atoms with van der Waals surface area (Å²) >= 11 is 0. The third-order valence-electron chi connectivity index (χ3n) is 4.75. The lowest BCUT2D eigenvalue weighted by Crippen LogP contribution is -2.08. The predicted octanol–water partition coefficient (Wildman–Crippen LogP) is 4.64. The van der Waals surface area contributed by atoms with Gasteiger partial charge < -0.3 is 9.88 Å². The molecule has 27 heavy (non-hydrogen) atoms. The van der Waals surface area contributed by atoms with Crippen molar-refractivity contribution < 1.29 is 0 Å². The van der Waals surface area contributed by atoms with Crippen LogP contribution in [0.1, 0.15) is 36.7 Å². The molecule has 0 atom stereocenters. The fourth-order valence-corrected chi connectivity index (χ4v) is 3.23. The monoisotopic (exact) mass is 360 g/mol. The van der Waals surface area contributed by atoms with E-state index >= 15 is 0 Å². The fourth-order valence-electron chi connectivity index (χ4n) is 3.23. The van der Waals surface area contributed by atoms with Crippen LogP contribution in [0.2, 0.25) is 0 Å². The van der Waals surface area contributed by atoms with Gasteiger partial charge in [0, 0.05) is 24.6 Å². The normalized spacial score (nSPS) is 11.5. The lowest BCUT2D eigenvalue weighted by Gasteiger charge is -2.11. The minimum absolute atomic E-state index is 0.511. The minimum Gasteiger partial charge on any atom is -0.339 e. The molecule has 0 bridgehead atoms. The number of anilines is 2. The van der Waals surface area contributed by atoms with Gasteiger partial charge in [-0.25, -0.2) is 4.68 Å². The van der Waals surface area contributed by atoms with Gasteiger partial charge in [0.15, 0.2) is 0 Å². The molecule has 0 aliphatic carbocycles. The Labute approximate surface area is 158 Å². The molecule has 0 saturated carbocycles. The van der Waals surface area contributed by atoms with Crippen LogP contribution in [0.5, 0.6) is 0 Å². The molecule has 138 valence electrons. The maximum atomic E-state index is 4.78. The van der Waals surface area contributed by atoms with E-state index in [4.69, 9.17) is 9.97 Å². The van der Waals surface area contributed by atoms with Crippen LogP contribution in [0, 0.1) is 13.8 Å². The highest BCUT2D eigenvalue weighted by Gasteiger charge is 2.14. The van der Waals surface area contributed by atoms with Crippen LogP contribution in [-0.4, -0.2) is 24.3 Å². The summed E-state index contributed by atoms with van der Waals surface area (Å²) in [6.07, 6.45) is 2.00. The fraction of sp³-hybridized carbons (Fsp3) is 0.286. The van der Waals surface area contributed by atoms with Gasteiger partial charge in [-0.1, -0.05) is 26.0 Å². The Balaban J connectivity index is 1.80. The molecule has 0 radical (unpaired) electrons. The summed E-state index contributed by atoms with van der Waals surface area (Å²) in [6.45, 7) is 8.37. The average molecular weight is 360 g/mol. The van der Waals surface area contributed by atoms with Gasteiger partial charge in [0.05, 0.1) is 11.1 Å². The zero-order chi connectivity index (χ0) is 19.1. The van der Waals surface area contributed by atoms with Crippen molar-refractivity contribution in [3.8, 4) is 5.95 Å². The van der Waals surface area contributed by atoms with E-state index in [9.17, 15) is 0 Å². The molecule has 4 rings (SSSR count). The van der Waals surface area contributed by atoms with Gasteiger partial charge in [0.25, 0.3) is 5.95 Å².